The highest BCUT2D eigenvalue weighted by atomic mass is 79.9. The van der Waals surface area contributed by atoms with Crippen molar-refractivity contribution in [1.29, 1.82) is 0 Å². The van der Waals surface area contributed by atoms with Crippen LogP contribution in [0.25, 0.3) is 0 Å². The Kier molecular flexibility index (Phi) is 4.50. The number of hydrogen-bond acceptors (Lipinski definition) is 4. The van der Waals surface area contributed by atoms with Crippen LogP contribution in [0.1, 0.15) is 17.3 Å². The second-order valence-electron chi connectivity index (χ2n) is 4.00. The molecule has 0 aliphatic carbocycles. The van der Waals surface area contributed by atoms with Crippen LogP contribution >= 0.6 is 15.9 Å². The number of aliphatic hydroxyl groups is 2. The van der Waals surface area contributed by atoms with Gasteiger partial charge in [0.2, 0.25) is 0 Å². The lowest BCUT2D eigenvalue weighted by atomic mass is 10.0. The van der Waals surface area contributed by atoms with Crippen LogP contribution < -0.4 is 5.32 Å². The number of phenols is 1. The zero-order chi connectivity index (χ0) is 13.1. The molecule has 0 aliphatic heterocycles. The lowest BCUT2D eigenvalue weighted by molar-refractivity contribution is 0.0723. The van der Waals surface area contributed by atoms with Crippen LogP contribution in [0.3, 0.4) is 0 Å². The second kappa shape index (κ2) is 5.48. The van der Waals surface area contributed by atoms with Gasteiger partial charge in [-0.3, -0.25) is 4.79 Å². The molecule has 0 spiro atoms. The quantitative estimate of drug-likeness (QED) is 0.657. The molecular weight excluding hydrogens is 290 g/mol. The first kappa shape index (κ1) is 14.0. The topological polar surface area (TPSA) is 89.8 Å². The molecule has 0 aromatic heterocycles. The molecule has 0 saturated heterocycles. The Labute approximate surface area is 107 Å². The highest BCUT2D eigenvalue weighted by Gasteiger charge is 2.25. The number of carbonyl (C=O) groups excluding carboxylic acids is 1. The number of phenolic OH excluding ortho intramolecular Hbond substituents is 1. The molecule has 0 unspecified atom stereocenters. The summed E-state index contributed by atoms with van der Waals surface area (Å²) < 4.78 is 0.487. The lowest BCUT2D eigenvalue weighted by Crippen LogP contribution is -2.51. The van der Waals surface area contributed by atoms with E-state index in [0.29, 0.717) is 4.47 Å². The summed E-state index contributed by atoms with van der Waals surface area (Å²) in [5.74, 6) is -0.522. The first-order valence-corrected chi connectivity index (χ1v) is 5.74. The van der Waals surface area contributed by atoms with Crippen LogP contribution in [-0.4, -0.2) is 40.0 Å². The fraction of sp³-hybridized carbons (Fsp3) is 0.364. The summed E-state index contributed by atoms with van der Waals surface area (Å²) in [7, 11) is 0. The number of carbonyl (C=O) groups is 1. The summed E-state index contributed by atoms with van der Waals surface area (Å²) in [6, 6.07) is 4.36. The fourth-order valence-corrected chi connectivity index (χ4v) is 1.38. The van der Waals surface area contributed by atoms with Crippen LogP contribution in [0.15, 0.2) is 22.7 Å². The molecule has 17 heavy (non-hydrogen) atoms. The van der Waals surface area contributed by atoms with Crippen LogP contribution in [0.5, 0.6) is 5.75 Å². The Morgan fingerprint density at radius 3 is 2.47 bits per heavy atom. The number of rotatable bonds is 4. The Morgan fingerprint density at radius 1 is 1.41 bits per heavy atom. The van der Waals surface area contributed by atoms with Gasteiger partial charge in [0.05, 0.1) is 23.2 Å². The molecule has 0 bridgehead atoms. The van der Waals surface area contributed by atoms with Crippen molar-refractivity contribution in [1.82, 2.24) is 5.32 Å². The SMILES string of the molecule is CC(CO)(CO)NC(=O)c1ccc(Br)c(O)c1. The van der Waals surface area contributed by atoms with Crippen molar-refractivity contribution in [2.75, 3.05) is 13.2 Å². The third-order valence-electron chi connectivity index (χ3n) is 2.32. The Balaban J connectivity index is 2.86. The van der Waals surface area contributed by atoms with Gasteiger partial charge in [0.1, 0.15) is 5.75 Å². The molecule has 1 aromatic carbocycles. The summed E-state index contributed by atoms with van der Waals surface area (Å²) in [6.45, 7) is 0.763. The molecular formula is C11H14BrNO4. The number of aliphatic hydroxyl groups excluding tert-OH is 2. The minimum atomic E-state index is -1.08. The van der Waals surface area contributed by atoms with Crippen LogP contribution in [0.2, 0.25) is 0 Å². The number of halogens is 1. The summed E-state index contributed by atoms with van der Waals surface area (Å²) in [6.07, 6.45) is 0. The fourth-order valence-electron chi connectivity index (χ4n) is 1.13. The zero-order valence-electron chi connectivity index (χ0n) is 9.27. The van der Waals surface area contributed by atoms with Gasteiger partial charge < -0.3 is 20.6 Å². The van der Waals surface area contributed by atoms with E-state index in [1.807, 2.05) is 0 Å². The molecule has 6 heteroatoms. The average Bonchev–Trinajstić information content (AvgIpc) is 2.32. The Morgan fingerprint density at radius 2 is 2.00 bits per heavy atom. The van der Waals surface area contributed by atoms with Gasteiger partial charge in [-0.2, -0.15) is 0 Å². The predicted octanol–water partition coefficient (Wildman–Crippen LogP) is 0.628. The standard InChI is InChI=1S/C11H14BrNO4/c1-11(5-14,6-15)13-10(17)7-2-3-8(12)9(16)4-7/h2-4,14-16H,5-6H2,1H3,(H,13,17). The third kappa shape index (κ3) is 3.42. The zero-order valence-corrected chi connectivity index (χ0v) is 10.9. The normalized spacial score (nSPS) is 11.3. The second-order valence-corrected chi connectivity index (χ2v) is 4.85. The van der Waals surface area contributed by atoms with Gasteiger partial charge in [-0.25, -0.2) is 0 Å². The molecule has 1 rings (SSSR count). The van der Waals surface area contributed by atoms with Gasteiger partial charge >= 0.3 is 0 Å². The predicted molar refractivity (Wildman–Crippen MR) is 65.8 cm³/mol. The molecule has 1 aromatic rings. The van der Waals surface area contributed by atoms with Crippen molar-refractivity contribution < 1.29 is 20.1 Å². The third-order valence-corrected chi connectivity index (χ3v) is 2.99. The van der Waals surface area contributed by atoms with Crippen molar-refractivity contribution in [2.45, 2.75) is 12.5 Å². The molecule has 0 heterocycles. The van der Waals surface area contributed by atoms with Crippen molar-refractivity contribution in [3.63, 3.8) is 0 Å². The van der Waals surface area contributed by atoms with Crippen molar-refractivity contribution in [3.05, 3.63) is 28.2 Å². The molecule has 4 N–H and O–H groups in total. The van der Waals surface area contributed by atoms with Gasteiger partial charge in [-0.05, 0) is 41.1 Å². The molecule has 5 nitrogen and oxygen atoms in total. The Bertz CT molecular complexity index is 418. The van der Waals surface area contributed by atoms with E-state index in [0.717, 1.165) is 0 Å². The van der Waals surface area contributed by atoms with Crippen molar-refractivity contribution in [2.24, 2.45) is 0 Å². The lowest BCUT2D eigenvalue weighted by Gasteiger charge is -2.26. The maximum atomic E-state index is 11.8. The highest BCUT2D eigenvalue weighted by molar-refractivity contribution is 9.10. The smallest absolute Gasteiger partial charge is 0.251 e. The largest absolute Gasteiger partial charge is 0.507 e. The van der Waals surface area contributed by atoms with E-state index in [9.17, 15) is 9.90 Å². The summed E-state index contributed by atoms with van der Waals surface area (Å²) in [4.78, 5) is 11.8. The van der Waals surface area contributed by atoms with Gasteiger partial charge in [0, 0.05) is 5.56 Å². The average molecular weight is 304 g/mol. The minimum Gasteiger partial charge on any atom is -0.507 e. The Hall–Kier alpha value is -1.11. The van der Waals surface area contributed by atoms with Gasteiger partial charge in [-0.1, -0.05) is 0 Å². The van der Waals surface area contributed by atoms with E-state index in [1.54, 1.807) is 6.07 Å². The van der Waals surface area contributed by atoms with E-state index in [1.165, 1.54) is 19.1 Å². The van der Waals surface area contributed by atoms with Crippen molar-refractivity contribution in [3.8, 4) is 5.75 Å². The maximum Gasteiger partial charge on any atom is 0.251 e. The molecule has 94 valence electrons. The number of benzene rings is 1. The first-order valence-electron chi connectivity index (χ1n) is 4.94. The van der Waals surface area contributed by atoms with Crippen molar-refractivity contribution >= 4 is 21.8 Å². The summed E-state index contributed by atoms with van der Waals surface area (Å²) in [5, 5.41) is 30.0. The summed E-state index contributed by atoms with van der Waals surface area (Å²) in [5.41, 5.74) is -0.835. The monoisotopic (exact) mass is 303 g/mol. The van der Waals surface area contributed by atoms with E-state index < -0.39 is 11.4 Å². The maximum absolute atomic E-state index is 11.8. The molecule has 1 amide bonds. The number of nitrogens with one attached hydrogen (secondary N) is 1. The van der Waals surface area contributed by atoms with Crippen LogP contribution in [0.4, 0.5) is 0 Å². The van der Waals surface area contributed by atoms with E-state index >= 15 is 0 Å². The number of amides is 1. The first-order chi connectivity index (χ1) is 7.91. The molecule has 0 atom stereocenters. The summed E-state index contributed by atoms with van der Waals surface area (Å²) >= 11 is 3.11. The number of hydrogen-bond donors (Lipinski definition) is 4. The molecule has 0 aliphatic rings. The van der Waals surface area contributed by atoms with Gasteiger partial charge in [-0.15, -0.1) is 0 Å². The van der Waals surface area contributed by atoms with Crippen LogP contribution in [0, 0.1) is 0 Å². The van der Waals surface area contributed by atoms with Gasteiger partial charge in [0.15, 0.2) is 0 Å². The highest BCUT2D eigenvalue weighted by Crippen LogP contribution is 2.24. The van der Waals surface area contributed by atoms with Crippen LogP contribution in [-0.2, 0) is 0 Å². The molecule has 0 fully saturated rings. The van der Waals surface area contributed by atoms with E-state index in [2.05, 4.69) is 21.2 Å². The van der Waals surface area contributed by atoms with E-state index in [-0.39, 0.29) is 24.5 Å². The molecule has 0 saturated carbocycles. The molecule has 0 radical (unpaired) electrons. The minimum absolute atomic E-state index is 0.0487. The van der Waals surface area contributed by atoms with E-state index in [4.69, 9.17) is 10.2 Å². The number of aromatic hydroxyl groups is 1. The van der Waals surface area contributed by atoms with Gasteiger partial charge in [0.25, 0.3) is 5.91 Å².